The fraction of sp³-hybridized carbons (Fsp3) is 0.273. The van der Waals surface area contributed by atoms with Gasteiger partial charge in [0.05, 0.1) is 6.20 Å². The number of anilines is 1. The SMILES string of the molecule is CC(C)n1nccc1NS(=O)(=O)c1ccc(Cl)nc1. The first kappa shape index (κ1) is 13.8. The summed E-state index contributed by atoms with van der Waals surface area (Å²) in [6.45, 7) is 3.82. The third kappa shape index (κ3) is 3.05. The van der Waals surface area contributed by atoms with Gasteiger partial charge in [0.15, 0.2) is 0 Å². The van der Waals surface area contributed by atoms with E-state index in [0.29, 0.717) is 5.82 Å². The molecule has 0 aromatic carbocycles. The first-order chi connectivity index (χ1) is 8.90. The Morgan fingerprint density at radius 2 is 2.05 bits per heavy atom. The van der Waals surface area contributed by atoms with E-state index in [0.717, 1.165) is 0 Å². The molecule has 2 heterocycles. The van der Waals surface area contributed by atoms with Crippen molar-refractivity contribution in [2.24, 2.45) is 0 Å². The molecular weight excluding hydrogens is 288 g/mol. The highest BCUT2D eigenvalue weighted by molar-refractivity contribution is 7.92. The van der Waals surface area contributed by atoms with Crippen LogP contribution in [0.2, 0.25) is 5.15 Å². The van der Waals surface area contributed by atoms with Gasteiger partial charge in [-0.15, -0.1) is 0 Å². The summed E-state index contributed by atoms with van der Waals surface area (Å²) in [7, 11) is -3.69. The molecule has 0 saturated carbocycles. The summed E-state index contributed by atoms with van der Waals surface area (Å²) in [5, 5.41) is 4.30. The van der Waals surface area contributed by atoms with Crippen molar-refractivity contribution in [1.82, 2.24) is 14.8 Å². The molecule has 2 aromatic rings. The molecule has 0 aliphatic rings. The lowest BCUT2D eigenvalue weighted by Crippen LogP contribution is -2.17. The Hall–Kier alpha value is -1.60. The Labute approximate surface area is 116 Å². The number of aromatic nitrogens is 3. The fourth-order valence-electron chi connectivity index (χ4n) is 1.52. The predicted molar refractivity (Wildman–Crippen MR) is 72.7 cm³/mol. The summed E-state index contributed by atoms with van der Waals surface area (Å²) in [5.41, 5.74) is 0. The summed E-state index contributed by atoms with van der Waals surface area (Å²) in [6, 6.07) is 4.47. The van der Waals surface area contributed by atoms with Crippen molar-refractivity contribution >= 4 is 27.4 Å². The van der Waals surface area contributed by atoms with Crippen molar-refractivity contribution in [2.75, 3.05) is 4.72 Å². The van der Waals surface area contributed by atoms with Crippen molar-refractivity contribution in [3.8, 4) is 0 Å². The van der Waals surface area contributed by atoms with Gasteiger partial charge < -0.3 is 0 Å². The number of hydrogen-bond donors (Lipinski definition) is 1. The summed E-state index contributed by atoms with van der Waals surface area (Å²) < 4.78 is 28.4. The molecular formula is C11H13ClN4O2S. The lowest BCUT2D eigenvalue weighted by atomic mass is 10.4. The van der Waals surface area contributed by atoms with Gasteiger partial charge in [-0.3, -0.25) is 4.72 Å². The van der Waals surface area contributed by atoms with Crippen molar-refractivity contribution in [3.63, 3.8) is 0 Å². The topological polar surface area (TPSA) is 76.9 Å². The van der Waals surface area contributed by atoms with Gasteiger partial charge in [-0.05, 0) is 26.0 Å². The minimum Gasteiger partial charge on any atom is -0.264 e. The van der Waals surface area contributed by atoms with Crippen LogP contribution in [0.3, 0.4) is 0 Å². The van der Waals surface area contributed by atoms with Gasteiger partial charge in [-0.1, -0.05) is 11.6 Å². The summed E-state index contributed by atoms with van der Waals surface area (Å²) >= 11 is 5.63. The normalized spacial score (nSPS) is 11.8. The van der Waals surface area contributed by atoms with Gasteiger partial charge in [0, 0.05) is 18.3 Å². The van der Waals surface area contributed by atoms with Gasteiger partial charge in [-0.25, -0.2) is 18.1 Å². The summed E-state index contributed by atoms with van der Waals surface area (Å²) in [6.07, 6.45) is 2.75. The van der Waals surface area contributed by atoms with Gasteiger partial charge in [0.1, 0.15) is 15.9 Å². The zero-order chi connectivity index (χ0) is 14.0. The number of sulfonamides is 1. The first-order valence-electron chi connectivity index (χ1n) is 5.58. The molecule has 19 heavy (non-hydrogen) atoms. The highest BCUT2D eigenvalue weighted by Gasteiger charge is 2.17. The lowest BCUT2D eigenvalue weighted by molar-refractivity contribution is 0.539. The monoisotopic (exact) mass is 300 g/mol. The minimum atomic E-state index is -3.69. The van der Waals surface area contributed by atoms with Gasteiger partial charge in [0.25, 0.3) is 10.0 Å². The number of nitrogens with zero attached hydrogens (tertiary/aromatic N) is 3. The third-order valence-corrected chi connectivity index (χ3v) is 3.97. The van der Waals surface area contributed by atoms with E-state index >= 15 is 0 Å². The van der Waals surface area contributed by atoms with E-state index in [2.05, 4.69) is 14.8 Å². The quantitative estimate of drug-likeness (QED) is 0.879. The Kier molecular flexibility index (Phi) is 3.77. The van der Waals surface area contributed by atoms with E-state index in [1.165, 1.54) is 24.5 Å². The van der Waals surface area contributed by atoms with Crippen molar-refractivity contribution < 1.29 is 8.42 Å². The van der Waals surface area contributed by atoms with E-state index < -0.39 is 10.0 Å². The van der Waals surface area contributed by atoms with Crippen LogP contribution in [0.25, 0.3) is 0 Å². The van der Waals surface area contributed by atoms with Crippen molar-refractivity contribution in [3.05, 3.63) is 35.7 Å². The average Bonchev–Trinajstić information content (AvgIpc) is 2.77. The van der Waals surface area contributed by atoms with E-state index in [9.17, 15) is 8.42 Å². The second-order valence-corrected chi connectivity index (χ2v) is 6.25. The van der Waals surface area contributed by atoms with E-state index in [4.69, 9.17) is 11.6 Å². The van der Waals surface area contributed by atoms with Gasteiger partial charge in [0.2, 0.25) is 0 Å². The average molecular weight is 301 g/mol. The molecule has 2 rings (SSSR count). The number of rotatable bonds is 4. The molecule has 102 valence electrons. The van der Waals surface area contributed by atoms with Gasteiger partial charge in [-0.2, -0.15) is 5.10 Å². The number of nitrogens with one attached hydrogen (secondary N) is 1. The zero-order valence-corrected chi connectivity index (χ0v) is 12.0. The Morgan fingerprint density at radius 3 is 2.63 bits per heavy atom. The molecule has 0 aliphatic carbocycles. The molecule has 0 saturated heterocycles. The zero-order valence-electron chi connectivity index (χ0n) is 10.4. The van der Waals surface area contributed by atoms with Crippen LogP contribution in [-0.2, 0) is 10.0 Å². The molecule has 0 fully saturated rings. The van der Waals surface area contributed by atoms with E-state index in [1.54, 1.807) is 10.7 Å². The molecule has 8 heteroatoms. The van der Waals surface area contributed by atoms with Crippen LogP contribution in [-0.4, -0.2) is 23.2 Å². The molecule has 0 aliphatic heterocycles. The maximum absolute atomic E-state index is 12.2. The van der Waals surface area contributed by atoms with Crippen LogP contribution in [0.1, 0.15) is 19.9 Å². The smallest absolute Gasteiger partial charge is 0.264 e. The van der Waals surface area contributed by atoms with Crippen LogP contribution in [0.5, 0.6) is 0 Å². The number of halogens is 1. The minimum absolute atomic E-state index is 0.0495. The fourth-order valence-corrected chi connectivity index (χ4v) is 2.63. The molecule has 6 nitrogen and oxygen atoms in total. The first-order valence-corrected chi connectivity index (χ1v) is 7.44. The molecule has 0 atom stereocenters. The summed E-state index contributed by atoms with van der Waals surface area (Å²) in [5.74, 6) is 0.407. The van der Waals surface area contributed by atoms with Crippen molar-refractivity contribution in [2.45, 2.75) is 24.8 Å². The van der Waals surface area contributed by atoms with Crippen LogP contribution in [0.15, 0.2) is 35.5 Å². The van der Waals surface area contributed by atoms with E-state index in [1.807, 2.05) is 13.8 Å². The van der Waals surface area contributed by atoms with Gasteiger partial charge >= 0.3 is 0 Å². The standard InChI is InChI=1S/C11H13ClN4O2S/c1-8(2)16-11(5-6-14-16)15-19(17,18)9-3-4-10(12)13-7-9/h3-8,15H,1-2H3. The summed E-state index contributed by atoms with van der Waals surface area (Å²) in [4.78, 5) is 3.81. The molecule has 1 N–H and O–H groups in total. The Balaban J connectivity index is 2.31. The second kappa shape index (κ2) is 5.18. The molecule has 0 bridgehead atoms. The maximum Gasteiger partial charge on any atom is 0.264 e. The van der Waals surface area contributed by atoms with E-state index in [-0.39, 0.29) is 16.1 Å². The molecule has 0 unspecified atom stereocenters. The molecule has 2 aromatic heterocycles. The van der Waals surface area contributed by atoms with Crippen LogP contribution < -0.4 is 4.72 Å². The Morgan fingerprint density at radius 1 is 1.32 bits per heavy atom. The highest BCUT2D eigenvalue weighted by atomic mass is 35.5. The predicted octanol–water partition coefficient (Wildman–Crippen LogP) is 2.31. The largest absolute Gasteiger partial charge is 0.264 e. The van der Waals surface area contributed by atoms with Crippen molar-refractivity contribution in [1.29, 1.82) is 0 Å². The molecule has 0 spiro atoms. The highest BCUT2D eigenvalue weighted by Crippen LogP contribution is 2.18. The Bertz CT molecular complexity index is 664. The molecule has 0 radical (unpaired) electrons. The van der Waals surface area contributed by atoms with Crippen LogP contribution >= 0.6 is 11.6 Å². The third-order valence-electron chi connectivity index (χ3n) is 2.41. The van der Waals surface area contributed by atoms with Crippen LogP contribution in [0.4, 0.5) is 5.82 Å². The number of pyridine rings is 1. The maximum atomic E-state index is 12.2. The molecule has 0 amide bonds. The second-order valence-electron chi connectivity index (χ2n) is 4.18. The lowest BCUT2D eigenvalue weighted by Gasteiger charge is -2.12. The van der Waals surface area contributed by atoms with Crippen LogP contribution in [0, 0.1) is 0 Å². The number of hydrogen-bond acceptors (Lipinski definition) is 4.